The van der Waals surface area contributed by atoms with E-state index < -0.39 is 6.04 Å². The zero-order valence-corrected chi connectivity index (χ0v) is 12.2. The molecule has 22 heavy (non-hydrogen) atoms. The summed E-state index contributed by atoms with van der Waals surface area (Å²) in [5, 5.41) is 2.83. The Balaban J connectivity index is 1.85. The van der Waals surface area contributed by atoms with Crippen LogP contribution >= 0.6 is 0 Å². The van der Waals surface area contributed by atoms with Crippen molar-refractivity contribution in [2.45, 2.75) is 19.0 Å². The molecule has 1 unspecified atom stereocenters. The first-order valence-corrected chi connectivity index (χ1v) is 7.41. The second-order valence-electron chi connectivity index (χ2n) is 5.41. The van der Waals surface area contributed by atoms with Gasteiger partial charge in [-0.1, -0.05) is 60.7 Å². The van der Waals surface area contributed by atoms with Gasteiger partial charge in [-0.15, -0.1) is 0 Å². The maximum atomic E-state index is 12.8. The van der Waals surface area contributed by atoms with Crippen molar-refractivity contribution in [1.82, 2.24) is 10.2 Å². The molecule has 4 heteroatoms. The normalized spacial score (nSPS) is 18.7. The standard InChI is InChI=1S/C18H18N2O2/c21-16-11-12-20(13-14-7-3-1-4-8-14)18(22)17(19-16)15-9-5-2-6-10-15/h1-10,17H,11-13H2,(H,19,21). The third-order valence-corrected chi connectivity index (χ3v) is 3.82. The minimum atomic E-state index is -0.597. The maximum Gasteiger partial charge on any atom is 0.250 e. The lowest BCUT2D eigenvalue weighted by molar-refractivity contribution is -0.134. The third kappa shape index (κ3) is 3.17. The van der Waals surface area contributed by atoms with Crippen LogP contribution in [0.15, 0.2) is 60.7 Å². The van der Waals surface area contributed by atoms with Gasteiger partial charge in [0, 0.05) is 19.5 Å². The molecule has 112 valence electrons. The van der Waals surface area contributed by atoms with Crippen molar-refractivity contribution in [3.05, 3.63) is 71.8 Å². The first-order chi connectivity index (χ1) is 10.7. The molecule has 1 fully saturated rings. The second kappa shape index (κ2) is 6.43. The lowest BCUT2D eigenvalue weighted by Gasteiger charge is -2.24. The van der Waals surface area contributed by atoms with Crippen molar-refractivity contribution in [3.8, 4) is 0 Å². The van der Waals surface area contributed by atoms with Crippen molar-refractivity contribution in [2.75, 3.05) is 6.54 Å². The van der Waals surface area contributed by atoms with Crippen molar-refractivity contribution < 1.29 is 9.59 Å². The van der Waals surface area contributed by atoms with Crippen molar-refractivity contribution in [2.24, 2.45) is 0 Å². The molecule has 1 aliphatic rings. The first-order valence-electron chi connectivity index (χ1n) is 7.41. The van der Waals surface area contributed by atoms with E-state index in [1.54, 1.807) is 4.90 Å². The Bertz CT molecular complexity index is 655. The van der Waals surface area contributed by atoms with E-state index in [1.165, 1.54) is 0 Å². The van der Waals surface area contributed by atoms with Crippen LogP contribution in [0.2, 0.25) is 0 Å². The van der Waals surface area contributed by atoms with Gasteiger partial charge in [0.1, 0.15) is 6.04 Å². The number of hydrogen-bond acceptors (Lipinski definition) is 2. The quantitative estimate of drug-likeness (QED) is 0.944. The van der Waals surface area contributed by atoms with Gasteiger partial charge >= 0.3 is 0 Å². The van der Waals surface area contributed by atoms with Crippen LogP contribution in [0.1, 0.15) is 23.6 Å². The van der Waals surface area contributed by atoms with Crippen LogP contribution in [-0.2, 0) is 16.1 Å². The van der Waals surface area contributed by atoms with E-state index >= 15 is 0 Å². The summed E-state index contributed by atoms with van der Waals surface area (Å²) in [5.74, 6) is -0.140. The van der Waals surface area contributed by atoms with Crippen molar-refractivity contribution in [1.29, 1.82) is 0 Å². The molecule has 1 saturated heterocycles. The molecule has 1 heterocycles. The molecule has 1 aliphatic heterocycles. The Morgan fingerprint density at radius 1 is 0.955 bits per heavy atom. The van der Waals surface area contributed by atoms with Gasteiger partial charge in [0.2, 0.25) is 11.8 Å². The molecule has 3 rings (SSSR count). The van der Waals surface area contributed by atoms with Gasteiger partial charge < -0.3 is 10.2 Å². The number of amides is 2. The van der Waals surface area contributed by atoms with Crippen LogP contribution in [0, 0.1) is 0 Å². The summed E-state index contributed by atoms with van der Waals surface area (Å²) in [6.45, 7) is 0.973. The minimum Gasteiger partial charge on any atom is -0.340 e. The van der Waals surface area contributed by atoms with Crippen LogP contribution in [0.3, 0.4) is 0 Å². The second-order valence-corrected chi connectivity index (χ2v) is 5.41. The van der Waals surface area contributed by atoms with Crippen LogP contribution in [0.25, 0.3) is 0 Å². The lowest BCUT2D eigenvalue weighted by atomic mass is 10.1. The van der Waals surface area contributed by atoms with Gasteiger partial charge in [-0.25, -0.2) is 0 Å². The van der Waals surface area contributed by atoms with Gasteiger partial charge in [0.25, 0.3) is 0 Å². The number of rotatable bonds is 3. The molecule has 0 radical (unpaired) electrons. The molecule has 2 aromatic carbocycles. The molecule has 0 aliphatic carbocycles. The van der Waals surface area contributed by atoms with E-state index in [2.05, 4.69) is 5.32 Å². The SMILES string of the molecule is O=C1CCN(Cc2ccccc2)C(=O)C(c2ccccc2)N1. The van der Waals surface area contributed by atoms with E-state index in [0.717, 1.165) is 11.1 Å². The Morgan fingerprint density at radius 3 is 2.27 bits per heavy atom. The van der Waals surface area contributed by atoms with Crippen molar-refractivity contribution in [3.63, 3.8) is 0 Å². The van der Waals surface area contributed by atoms with Gasteiger partial charge in [-0.2, -0.15) is 0 Å². The fraction of sp³-hybridized carbons (Fsp3) is 0.222. The van der Waals surface area contributed by atoms with Crippen LogP contribution < -0.4 is 5.32 Å². The summed E-state index contributed by atoms with van der Waals surface area (Å²) in [5.41, 5.74) is 1.89. The van der Waals surface area contributed by atoms with Gasteiger partial charge in [-0.05, 0) is 11.1 Å². The summed E-state index contributed by atoms with van der Waals surface area (Å²) in [6, 6.07) is 18.6. The Kier molecular flexibility index (Phi) is 4.19. The third-order valence-electron chi connectivity index (χ3n) is 3.82. The molecule has 1 N–H and O–H groups in total. The van der Waals surface area contributed by atoms with Gasteiger partial charge in [0.05, 0.1) is 0 Å². The molecule has 4 nitrogen and oxygen atoms in total. The van der Waals surface area contributed by atoms with E-state index in [0.29, 0.717) is 19.5 Å². The molecule has 2 amide bonds. The monoisotopic (exact) mass is 294 g/mol. The van der Waals surface area contributed by atoms with E-state index in [1.807, 2.05) is 60.7 Å². The number of nitrogens with zero attached hydrogens (tertiary/aromatic N) is 1. The molecule has 0 bridgehead atoms. The first kappa shape index (κ1) is 14.3. The van der Waals surface area contributed by atoms with Crippen LogP contribution in [0.5, 0.6) is 0 Å². The number of carbonyl (C=O) groups excluding carboxylic acids is 2. The average molecular weight is 294 g/mol. The van der Waals surface area contributed by atoms with E-state index in [-0.39, 0.29) is 11.8 Å². The predicted octanol–water partition coefficient (Wildman–Crippen LogP) is 2.28. The number of carbonyl (C=O) groups is 2. The molecular weight excluding hydrogens is 276 g/mol. The lowest BCUT2D eigenvalue weighted by Crippen LogP contribution is -2.38. The van der Waals surface area contributed by atoms with E-state index in [4.69, 9.17) is 0 Å². The molecular formula is C18H18N2O2. The highest BCUT2D eigenvalue weighted by molar-refractivity contribution is 5.90. The highest BCUT2D eigenvalue weighted by Crippen LogP contribution is 2.20. The summed E-state index contributed by atoms with van der Waals surface area (Å²) >= 11 is 0. The Morgan fingerprint density at radius 2 is 1.59 bits per heavy atom. The van der Waals surface area contributed by atoms with Crippen LogP contribution in [-0.4, -0.2) is 23.3 Å². The Hall–Kier alpha value is -2.62. The topological polar surface area (TPSA) is 49.4 Å². The fourth-order valence-electron chi connectivity index (χ4n) is 2.66. The molecule has 0 saturated carbocycles. The number of hydrogen-bond donors (Lipinski definition) is 1. The molecule has 1 atom stereocenters. The number of nitrogens with one attached hydrogen (secondary N) is 1. The highest BCUT2D eigenvalue weighted by Gasteiger charge is 2.30. The molecule has 2 aromatic rings. The van der Waals surface area contributed by atoms with E-state index in [9.17, 15) is 9.59 Å². The maximum absolute atomic E-state index is 12.8. The number of benzene rings is 2. The zero-order chi connectivity index (χ0) is 15.4. The smallest absolute Gasteiger partial charge is 0.250 e. The average Bonchev–Trinajstić information content (AvgIpc) is 2.70. The summed E-state index contributed by atoms with van der Waals surface area (Å²) < 4.78 is 0. The summed E-state index contributed by atoms with van der Waals surface area (Å²) in [6.07, 6.45) is 0.335. The summed E-state index contributed by atoms with van der Waals surface area (Å²) in [4.78, 5) is 26.5. The Labute approximate surface area is 129 Å². The van der Waals surface area contributed by atoms with Gasteiger partial charge in [0.15, 0.2) is 0 Å². The van der Waals surface area contributed by atoms with Crippen molar-refractivity contribution >= 4 is 11.8 Å². The minimum absolute atomic E-state index is 0.0547. The molecule has 0 aromatic heterocycles. The zero-order valence-electron chi connectivity index (χ0n) is 12.2. The predicted molar refractivity (Wildman–Crippen MR) is 83.8 cm³/mol. The fourth-order valence-corrected chi connectivity index (χ4v) is 2.66. The molecule has 0 spiro atoms. The largest absolute Gasteiger partial charge is 0.340 e. The summed E-state index contributed by atoms with van der Waals surface area (Å²) in [7, 11) is 0. The van der Waals surface area contributed by atoms with Gasteiger partial charge in [-0.3, -0.25) is 9.59 Å². The van der Waals surface area contributed by atoms with Crippen LogP contribution in [0.4, 0.5) is 0 Å². The highest BCUT2D eigenvalue weighted by atomic mass is 16.2.